The number of esters is 1. The largest absolute Gasteiger partial charge is 0.458 e. The van der Waals surface area contributed by atoms with Crippen LogP contribution in [0.15, 0.2) is 23.0 Å². The summed E-state index contributed by atoms with van der Waals surface area (Å²) >= 11 is 0. The standard InChI is InChI=1S/C25H22FN3O4/c1-4-25(32)18-9-21-22-16(11-29(21)23(30)17(18)12-33-24(25)31)14(6-5-7-27-3)15-8-13(2)19(26)10-20(15)28-22/h8-10,27,32H,4,7,11-12H2,1-3H3/t25-/m0/s1. The van der Waals surface area contributed by atoms with Crippen LogP contribution in [0.5, 0.6) is 0 Å². The van der Waals surface area contributed by atoms with Gasteiger partial charge in [-0.2, -0.15) is 0 Å². The van der Waals surface area contributed by atoms with Crippen LogP contribution in [0.2, 0.25) is 0 Å². The van der Waals surface area contributed by atoms with Gasteiger partial charge in [-0.25, -0.2) is 14.2 Å². The van der Waals surface area contributed by atoms with Crippen LogP contribution in [0.1, 0.15) is 41.2 Å². The van der Waals surface area contributed by atoms with Crippen molar-refractivity contribution >= 4 is 16.9 Å². The van der Waals surface area contributed by atoms with Crippen molar-refractivity contribution in [1.82, 2.24) is 14.9 Å². The van der Waals surface area contributed by atoms with E-state index in [1.54, 1.807) is 37.6 Å². The number of fused-ring (bicyclic) bond motifs is 5. The van der Waals surface area contributed by atoms with Gasteiger partial charge in [0.2, 0.25) is 0 Å². The van der Waals surface area contributed by atoms with Crippen LogP contribution in [0.3, 0.4) is 0 Å². The number of aryl methyl sites for hydroxylation is 1. The monoisotopic (exact) mass is 447 g/mol. The molecule has 2 aromatic heterocycles. The molecule has 2 aliphatic rings. The summed E-state index contributed by atoms with van der Waals surface area (Å²) in [6.45, 7) is 3.84. The number of carbonyl (C=O) groups is 1. The minimum atomic E-state index is -1.90. The molecule has 1 atom stereocenters. The van der Waals surface area contributed by atoms with Crippen LogP contribution in [0.4, 0.5) is 4.39 Å². The molecule has 0 unspecified atom stereocenters. The molecular formula is C25H22FN3O4. The molecule has 0 spiro atoms. The van der Waals surface area contributed by atoms with E-state index in [4.69, 9.17) is 4.74 Å². The Morgan fingerprint density at radius 1 is 1.30 bits per heavy atom. The number of aromatic nitrogens is 2. The fraction of sp³-hybridized carbons (Fsp3) is 0.320. The second-order valence-corrected chi connectivity index (χ2v) is 8.37. The third-order valence-electron chi connectivity index (χ3n) is 6.45. The summed E-state index contributed by atoms with van der Waals surface area (Å²) in [6.07, 6.45) is 0.0605. The maximum atomic E-state index is 14.4. The number of hydrogen-bond donors (Lipinski definition) is 2. The second kappa shape index (κ2) is 7.51. The molecular weight excluding hydrogens is 425 g/mol. The normalized spacial score (nSPS) is 18.3. The maximum absolute atomic E-state index is 14.4. The number of nitrogens with one attached hydrogen (secondary N) is 1. The molecule has 0 bridgehead atoms. The van der Waals surface area contributed by atoms with E-state index < -0.39 is 11.6 Å². The van der Waals surface area contributed by atoms with Crippen molar-refractivity contribution in [2.75, 3.05) is 13.6 Å². The van der Waals surface area contributed by atoms with Crippen LogP contribution in [0.25, 0.3) is 22.3 Å². The summed E-state index contributed by atoms with van der Waals surface area (Å²) < 4.78 is 21.1. The molecule has 7 nitrogen and oxygen atoms in total. The fourth-order valence-corrected chi connectivity index (χ4v) is 4.57. The summed E-state index contributed by atoms with van der Waals surface area (Å²) in [5.74, 6) is 5.08. The molecule has 33 heavy (non-hydrogen) atoms. The Kier molecular flexibility index (Phi) is 4.85. The van der Waals surface area contributed by atoms with Crippen molar-refractivity contribution in [2.45, 2.75) is 39.0 Å². The van der Waals surface area contributed by atoms with Gasteiger partial charge in [0, 0.05) is 28.1 Å². The summed E-state index contributed by atoms with van der Waals surface area (Å²) in [7, 11) is 1.79. The molecule has 2 N–H and O–H groups in total. The minimum absolute atomic E-state index is 0.0605. The van der Waals surface area contributed by atoms with Gasteiger partial charge in [-0.3, -0.25) is 4.79 Å². The van der Waals surface area contributed by atoms with E-state index in [0.717, 1.165) is 5.56 Å². The van der Waals surface area contributed by atoms with Crippen molar-refractivity contribution < 1.29 is 19.0 Å². The molecule has 0 saturated carbocycles. The zero-order valence-corrected chi connectivity index (χ0v) is 18.5. The molecule has 2 aliphatic heterocycles. The number of aliphatic hydroxyl groups is 1. The van der Waals surface area contributed by atoms with Gasteiger partial charge in [0.1, 0.15) is 12.4 Å². The molecule has 1 aromatic carbocycles. The van der Waals surface area contributed by atoms with Gasteiger partial charge in [-0.05, 0) is 38.1 Å². The van der Waals surface area contributed by atoms with E-state index in [2.05, 4.69) is 22.1 Å². The molecule has 0 radical (unpaired) electrons. The van der Waals surface area contributed by atoms with Crippen molar-refractivity contribution in [2.24, 2.45) is 0 Å². The number of cyclic esters (lactones) is 1. The zero-order valence-electron chi connectivity index (χ0n) is 18.5. The number of benzene rings is 1. The highest BCUT2D eigenvalue weighted by atomic mass is 19.1. The van der Waals surface area contributed by atoms with Crippen LogP contribution in [-0.2, 0) is 28.3 Å². The van der Waals surface area contributed by atoms with Gasteiger partial charge in [0.25, 0.3) is 5.56 Å². The predicted molar refractivity (Wildman–Crippen MR) is 120 cm³/mol. The highest BCUT2D eigenvalue weighted by Crippen LogP contribution is 2.40. The van der Waals surface area contributed by atoms with Gasteiger partial charge in [0.05, 0.1) is 35.6 Å². The molecule has 5 rings (SSSR count). The predicted octanol–water partition coefficient (Wildman–Crippen LogP) is 2.10. The maximum Gasteiger partial charge on any atom is 0.343 e. The second-order valence-electron chi connectivity index (χ2n) is 8.37. The summed E-state index contributed by atoms with van der Waals surface area (Å²) in [5.41, 5.74) is 1.56. The first-order chi connectivity index (χ1) is 15.8. The van der Waals surface area contributed by atoms with E-state index in [1.165, 1.54) is 6.07 Å². The van der Waals surface area contributed by atoms with E-state index in [-0.39, 0.29) is 42.1 Å². The molecule has 4 heterocycles. The van der Waals surface area contributed by atoms with Crippen molar-refractivity contribution in [3.05, 3.63) is 62.2 Å². The lowest BCUT2D eigenvalue weighted by atomic mass is 9.86. The number of pyridine rings is 2. The lowest BCUT2D eigenvalue weighted by Gasteiger charge is -2.31. The smallest absolute Gasteiger partial charge is 0.343 e. The van der Waals surface area contributed by atoms with E-state index in [1.807, 2.05) is 0 Å². The number of halogens is 1. The number of rotatable bonds is 2. The first-order valence-electron chi connectivity index (χ1n) is 10.7. The average molecular weight is 447 g/mol. The number of nitrogens with zero attached hydrogens (tertiary/aromatic N) is 2. The Labute approximate surface area is 189 Å². The quantitative estimate of drug-likeness (QED) is 0.361. The lowest BCUT2D eigenvalue weighted by molar-refractivity contribution is -0.172. The first-order valence-corrected chi connectivity index (χ1v) is 10.7. The molecule has 0 saturated heterocycles. The van der Waals surface area contributed by atoms with Crippen molar-refractivity contribution in [3.63, 3.8) is 0 Å². The van der Waals surface area contributed by atoms with Gasteiger partial charge < -0.3 is 19.7 Å². The van der Waals surface area contributed by atoms with Gasteiger partial charge in [0.15, 0.2) is 5.60 Å². The Morgan fingerprint density at radius 2 is 2.09 bits per heavy atom. The Hall–Kier alpha value is -3.54. The molecule has 168 valence electrons. The van der Waals surface area contributed by atoms with Crippen LogP contribution in [0, 0.1) is 24.6 Å². The van der Waals surface area contributed by atoms with E-state index >= 15 is 0 Å². The number of carbonyl (C=O) groups excluding carboxylic acids is 1. The zero-order chi connectivity index (χ0) is 23.5. The Morgan fingerprint density at radius 3 is 2.82 bits per heavy atom. The SMILES string of the molecule is CC[C@@]1(O)C(=O)OCc2c1cc1n(c2=O)Cc2c-1nc1cc(F)c(C)cc1c2C#CCNC. The Bertz CT molecular complexity index is 1480. The molecule has 0 aliphatic carbocycles. The lowest BCUT2D eigenvalue weighted by Crippen LogP contribution is -2.44. The summed E-state index contributed by atoms with van der Waals surface area (Å²) in [4.78, 5) is 30.4. The topological polar surface area (TPSA) is 93.5 Å². The van der Waals surface area contributed by atoms with Crippen LogP contribution < -0.4 is 10.9 Å². The van der Waals surface area contributed by atoms with Gasteiger partial charge >= 0.3 is 5.97 Å². The minimum Gasteiger partial charge on any atom is -0.458 e. The van der Waals surface area contributed by atoms with Crippen LogP contribution in [-0.4, -0.2) is 34.2 Å². The average Bonchev–Trinajstić information content (AvgIpc) is 3.16. The molecule has 0 amide bonds. The first kappa shape index (κ1) is 21.3. The van der Waals surface area contributed by atoms with Gasteiger partial charge in [-0.15, -0.1) is 0 Å². The molecule has 8 heteroatoms. The highest BCUT2D eigenvalue weighted by molar-refractivity contribution is 5.92. The molecule has 0 fully saturated rings. The van der Waals surface area contributed by atoms with Crippen LogP contribution >= 0.6 is 0 Å². The fourth-order valence-electron chi connectivity index (χ4n) is 4.57. The van der Waals surface area contributed by atoms with E-state index in [0.29, 0.717) is 40.0 Å². The van der Waals surface area contributed by atoms with Crippen molar-refractivity contribution in [1.29, 1.82) is 0 Å². The summed E-state index contributed by atoms with van der Waals surface area (Å²) in [5, 5.41) is 14.7. The van der Waals surface area contributed by atoms with Gasteiger partial charge in [-0.1, -0.05) is 18.8 Å². The van der Waals surface area contributed by atoms with Crippen molar-refractivity contribution in [3.8, 4) is 23.2 Å². The van der Waals surface area contributed by atoms with E-state index in [9.17, 15) is 19.1 Å². The highest BCUT2D eigenvalue weighted by Gasteiger charge is 2.45. The molecule has 3 aromatic rings. The third kappa shape index (κ3) is 3.00. The number of ether oxygens (including phenoxy) is 1. The Balaban J connectivity index is 1.83. The summed E-state index contributed by atoms with van der Waals surface area (Å²) in [6, 6.07) is 4.73. The third-order valence-corrected chi connectivity index (χ3v) is 6.45. The number of hydrogen-bond acceptors (Lipinski definition) is 6.